The van der Waals surface area contributed by atoms with Crippen molar-refractivity contribution in [2.45, 2.75) is 13.0 Å². The Morgan fingerprint density at radius 3 is 2.89 bits per heavy atom. The summed E-state index contributed by atoms with van der Waals surface area (Å²) in [6.07, 6.45) is 2.97. The first-order chi connectivity index (χ1) is 13.1. The molecular formula is C20H25N7. The average Bonchev–Trinajstić information content (AvgIpc) is 3.24. The van der Waals surface area contributed by atoms with Crippen molar-refractivity contribution in [2.75, 3.05) is 32.9 Å². The van der Waals surface area contributed by atoms with Gasteiger partial charge in [-0.05, 0) is 69.0 Å². The number of nitrogen functional groups attached to an aromatic ring is 1. The van der Waals surface area contributed by atoms with Crippen LogP contribution in [0.4, 0.5) is 5.82 Å². The summed E-state index contributed by atoms with van der Waals surface area (Å²) in [6.45, 7) is 2.88. The second-order valence-corrected chi connectivity index (χ2v) is 7.12. The molecule has 0 aliphatic heterocycles. The van der Waals surface area contributed by atoms with Crippen LogP contribution in [0.15, 0.2) is 36.5 Å². The molecule has 4 rings (SSSR count). The minimum Gasteiger partial charge on any atom is -0.382 e. The Labute approximate surface area is 158 Å². The van der Waals surface area contributed by atoms with E-state index in [0.29, 0.717) is 5.82 Å². The number of aromatic nitrogens is 4. The number of benzene rings is 1. The van der Waals surface area contributed by atoms with Gasteiger partial charge in [0.1, 0.15) is 5.65 Å². The molecule has 0 aliphatic carbocycles. The zero-order chi connectivity index (χ0) is 18.8. The first-order valence-electron chi connectivity index (χ1n) is 9.18. The highest BCUT2D eigenvalue weighted by Gasteiger charge is 2.10. The zero-order valence-electron chi connectivity index (χ0n) is 15.7. The van der Waals surface area contributed by atoms with Gasteiger partial charge in [-0.15, -0.1) is 0 Å². The molecule has 0 bridgehead atoms. The number of H-pyrrole nitrogens is 2. The number of nitrogens with zero attached hydrogens (tertiary/aromatic N) is 3. The van der Waals surface area contributed by atoms with Gasteiger partial charge >= 0.3 is 0 Å². The van der Waals surface area contributed by atoms with Gasteiger partial charge in [-0.2, -0.15) is 5.10 Å². The number of hydrogen-bond donors (Lipinski definition) is 4. The van der Waals surface area contributed by atoms with E-state index in [-0.39, 0.29) is 0 Å². The molecule has 27 heavy (non-hydrogen) atoms. The topological polar surface area (TPSA) is 98.7 Å². The fraction of sp³-hybridized carbons (Fsp3) is 0.300. The Hall–Kier alpha value is -2.90. The Morgan fingerprint density at radius 1 is 1.15 bits per heavy atom. The van der Waals surface area contributed by atoms with Crippen LogP contribution in [0.3, 0.4) is 0 Å². The standard InChI is InChI=1S/C20H25N7/c1-27(2)9-3-7-22-12-14-11-16-15(6-8-23-20(16)24-14)13-4-5-18-17(10-13)19(21)26-25-18/h4-6,8,10-11,22H,3,7,9,12H2,1-2H3,(H,23,24)(H3,21,25,26). The maximum absolute atomic E-state index is 5.97. The lowest BCUT2D eigenvalue weighted by molar-refractivity contribution is 0.394. The van der Waals surface area contributed by atoms with Gasteiger partial charge in [0.05, 0.1) is 5.52 Å². The maximum atomic E-state index is 5.97. The van der Waals surface area contributed by atoms with Gasteiger partial charge in [-0.25, -0.2) is 4.98 Å². The van der Waals surface area contributed by atoms with Gasteiger partial charge in [0.15, 0.2) is 5.82 Å². The van der Waals surface area contributed by atoms with E-state index in [0.717, 1.165) is 64.8 Å². The summed E-state index contributed by atoms with van der Waals surface area (Å²) < 4.78 is 0. The molecule has 4 aromatic rings. The van der Waals surface area contributed by atoms with E-state index in [1.807, 2.05) is 18.3 Å². The fourth-order valence-corrected chi connectivity index (χ4v) is 3.37. The van der Waals surface area contributed by atoms with Crippen molar-refractivity contribution < 1.29 is 0 Å². The molecule has 0 aliphatic rings. The van der Waals surface area contributed by atoms with Gasteiger partial charge < -0.3 is 20.9 Å². The summed E-state index contributed by atoms with van der Waals surface area (Å²) in [5, 5.41) is 12.6. The van der Waals surface area contributed by atoms with Crippen LogP contribution in [0.1, 0.15) is 12.1 Å². The Balaban J connectivity index is 1.58. The zero-order valence-corrected chi connectivity index (χ0v) is 15.7. The second-order valence-electron chi connectivity index (χ2n) is 7.12. The van der Waals surface area contributed by atoms with Gasteiger partial charge in [-0.3, -0.25) is 5.10 Å². The number of aromatic amines is 2. The minimum absolute atomic E-state index is 0.522. The average molecular weight is 363 g/mol. The lowest BCUT2D eigenvalue weighted by Gasteiger charge is -2.09. The molecule has 3 heterocycles. The predicted octanol–water partition coefficient (Wildman–Crippen LogP) is 2.73. The van der Waals surface area contributed by atoms with Crippen molar-refractivity contribution in [3.63, 3.8) is 0 Å². The number of anilines is 1. The third-order valence-electron chi connectivity index (χ3n) is 4.77. The summed E-state index contributed by atoms with van der Waals surface area (Å²) in [4.78, 5) is 10.1. The molecule has 0 fully saturated rings. The van der Waals surface area contributed by atoms with Crippen molar-refractivity contribution in [3.8, 4) is 11.1 Å². The number of nitrogens with two attached hydrogens (primary N) is 1. The van der Waals surface area contributed by atoms with Crippen molar-refractivity contribution >= 4 is 27.8 Å². The normalized spacial score (nSPS) is 11.8. The van der Waals surface area contributed by atoms with E-state index in [1.54, 1.807) is 0 Å². The fourth-order valence-electron chi connectivity index (χ4n) is 3.37. The van der Waals surface area contributed by atoms with Crippen LogP contribution < -0.4 is 11.1 Å². The molecule has 0 radical (unpaired) electrons. The van der Waals surface area contributed by atoms with E-state index in [2.05, 4.69) is 62.7 Å². The summed E-state index contributed by atoms with van der Waals surface area (Å²) in [5.41, 5.74) is 11.2. The highest BCUT2D eigenvalue weighted by atomic mass is 15.1. The molecule has 0 saturated carbocycles. The van der Waals surface area contributed by atoms with E-state index in [9.17, 15) is 0 Å². The third-order valence-corrected chi connectivity index (χ3v) is 4.77. The number of nitrogens with one attached hydrogen (secondary N) is 3. The Morgan fingerprint density at radius 2 is 2.04 bits per heavy atom. The SMILES string of the molecule is CN(C)CCCNCc1cc2c(-c3ccc4[nH]nc(N)c4c3)ccnc2[nH]1. The second kappa shape index (κ2) is 7.38. The number of pyridine rings is 1. The Bertz CT molecular complexity index is 1060. The molecular weight excluding hydrogens is 338 g/mol. The highest BCUT2D eigenvalue weighted by Crippen LogP contribution is 2.31. The van der Waals surface area contributed by atoms with Crippen LogP contribution in [0, 0.1) is 0 Å². The van der Waals surface area contributed by atoms with Crippen molar-refractivity contribution in [3.05, 3.63) is 42.2 Å². The van der Waals surface area contributed by atoms with Crippen LogP contribution in [-0.4, -0.2) is 52.3 Å². The molecule has 5 N–H and O–H groups in total. The molecule has 7 nitrogen and oxygen atoms in total. The molecule has 0 spiro atoms. The molecule has 0 amide bonds. The van der Waals surface area contributed by atoms with Gasteiger partial charge in [0.2, 0.25) is 0 Å². The van der Waals surface area contributed by atoms with Crippen LogP contribution in [0.5, 0.6) is 0 Å². The molecule has 0 saturated heterocycles. The first kappa shape index (κ1) is 17.5. The van der Waals surface area contributed by atoms with Crippen LogP contribution in [-0.2, 0) is 6.54 Å². The van der Waals surface area contributed by atoms with Gasteiger partial charge in [0.25, 0.3) is 0 Å². The van der Waals surface area contributed by atoms with Crippen LogP contribution in [0.25, 0.3) is 33.1 Å². The van der Waals surface area contributed by atoms with E-state index < -0.39 is 0 Å². The van der Waals surface area contributed by atoms with Gasteiger partial charge in [-0.1, -0.05) is 6.07 Å². The van der Waals surface area contributed by atoms with Crippen molar-refractivity contribution in [1.29, 1.82) is 0 Å². The van der Waals surface area contributed by atoms with E-state index >= 15 is 0 Å². The van der Waals surface area contributed by atoms with Crippen LogP contribution in [0.2, 0.25) is 0 Å². The lowest BCUT2D eigenvalue weighted by Crippen LogP contribution is -2.21. The Kier molecular flexibility index (Phi) is 4.79. The summed E-state index contributed by atoms with van der Waals surface area (Å²) >= 11 is 0. The largest absolute Gasteiger partial charge is 0.382 e. The molecule has 7 heteroatoms. The highest BCUT2D eigenvalue weighted by molar-refractivity contribution is 5.98. The quantitative estimate of drug-likeness (QED) is 0.379. The molecule has 0 unspecified atom stereocenters. The first-order valence-corrected chi connectivity index (χ1v) is 9.18. The minimum atomic E-state index is 0.522. The third kappa shape index (κ3) is 3.65. The van der Waals surface area contributed by atoms with Crippen LogP contribution >= 0.6 is 0 Å². The van der Waals surface area contributed by atoms with Crippen molar-refractivity contribution in [2.24, 2.45) is 0 Å². The molecule has 3 aromatic heterocycles. The summed E-state index contributed by atoms with van der Waals surface area (Å²) in [6, 6.07) is 10.4. The monoisotopic (exact) mass is 363 g/mol. The predicted molar refractivity (Wildman–Crippen MR) is 110 cm³/mol. The number of hydrogen-bond acceptors (Lipinski definition) is 5. The molecule has 1 aromatic carbocycles. The summed E-state index contributed by atoms with van der Waals surface area (Å²) in [5.74, 6) is 0.522. The molecule has 140 valence electrons. The number of fused-ring (bicyclic) bond motifs is 2. The van der Waals surface area contributed by atoms with Crippen molar-refractivity contribution in [1.82, 2.24) is 30.4 Å². The summed E-state index contributed by atoms with van der Waals surface area (Å²) in [7, 11) is 4.19. The molecule has 0 atom stereocenters. The number of rotatable bonds is 7. The van der Waals surface area contributed by atoms with Gasteiger partial charge in [0, 0.05) is 29.2 Å². The van der Waals surface area contributed by atoms with E-state index in [1.165, 1.54) is 0 Å². The lowest BCUT2D eigenvalue weighted by atomic mass is 10.0. The smallest absolute Gasteiger partial charge is 0.153 e. The van der Waals surface area contributed by atoms with E-state index in [4.69, 9.17) is 5.73 Å². The maximum Gasteiger partial charge on any atom is 0.153 e.